The summed E-state index contributed by atoms with van der Waals surface area (Å²) >= 11 is 5.31. The van der Waals surface area contributed by atoms with Crippen LogP contribution >= 0.6 is 11.6 Å². The molecule has 0 saturated carbocycles. The molecule has 6 nitrogen and oxygen atoms in total. The lowest BCUT2D eigenvalue weighted by Gasteiger charge is -1.95. The molecule has 0 amide bonds. The highest BCUT2D eigenvalue weighted by Crippen LogP contribution is 2.28. The molecule has 1 aromatic heterocycles. The fourth-order valence-corrected chi connectivity index (χ4v) is 0.800. The minimum absolute atomic E-state index is 0.263. The number of nitro groups is 1. The number of halogens is 1. The molecule has 0 fully saturated rings. The standard InChI is InChI=1S/C5H3ClN2O4/c6-2-1-7-5(10)3(4(2)9)8(11)12/h1H,(H2,7,9,10). The van der Waals surface area contributed by atoms with Gasteiger partial charge in [-0.15, -0.1) is 0 Å². The molecule has 0 bridgehead atoms. The first kappa shape index (κ1) is 8.54. The number of nitrogens with zero attached hydrogens (tertiary/aromatic N) is 1. The summed E-state index contributed by atoms with van der Waals surface area (Å²) in [5.74, 6) is -0.814. The normalized spacial score (nSPS) is 9.75. The van der Waals surface area contributed by atoms with E-state index in [-0.39, 0.29) is 5.02 Å². The molecule has 0 atom stereocenters. The van der Waals surface area contributed by atoms with Crippen LogP contribution in [0.4, 0.5) is 5.69 Å². The van der Waals surface area contributed by atoms with E-state index < -0.39 is 21.9 Å². The lowest BCUT2D eigenvalue weighted by atomic mass is 10.4. The van der Waals surface area contributed by atoms with Gasteiger partial charge in [0.15, 0.2) is 0 Å². The van der Waals surface area contributed by atoms with Crippen molar-refractivity contribution < 1.29 is 10.0 Å². The minimum Gasteiger partial charge on any atom is -0.501 e. The van der Waals surface area contributed by atoms with Crippen molar-refractivity contribution in [3.8, 4) is 5.75 Å². The highest BCUT2D eigenvalue weighted by atomic mass is 35.5. The van der Waals surface area contributed by atoms with E-state index in [2.05, 4.69) is 0 Å². The Hall–Kier alpha value is -1.56. The van der Waals surface area contributed by atoms with E-state index >= 15 is 0 Å². The molecule has 1 aromatic rings. The number of aromatic nitrogens is 1. The smallest absolute Gasteiger partial charge is 0.376 e. The first-order valence-electron chi connectivity index (χ1n) is 2.78. The summed E-state index contributed by atoms with van der Waals surface area (Å²) in [6.07, 6.45) is 0.978. The van der Waals surface area contributed by atoms with E-state index in [0.717, 1.165) is 6.20 Å². The maximum atomic E-state index is 10.7. The van der Waals surface area contributed by atoms with Gasteiger partial charge in [0.05, 0.1) is 4.92 Å². The fraction of sp³-hybridized carbons (Fsp3) is 0. The quantitative estimate of drug-likeness (QED) is 0.502. The number of pyridine rings is 1. The van der Waals surface area contributed by atoms with Crippen LogP contribution in [0.3, 0.4) is 0 Å². The second-order valence-corrected chi connectivity index (χ2v) is 2.33. The number of aromatic amines is 1. The van der Waals surface area contributed by atoms with Gasteiger partial charge in [0, 0.05) is 6.20 Å². The molecule has 12 heavy (non-hydrogen) atoms. The number of hydrogen-bond donors (Lipinski definition) is 2. The molecule has 64 valence electrons. The van der Waals surface area contributed by atoms with Crippen molar-refractivity contribution in [1.29, 1.82) is 0 Å². The van der Waals surface area contributed by atoms with Crippen molar-refractivity contribution in [2.24, 2.45) is 0 Å². The highest BCUT2D eigenvalue weighted by molar-refractivity contribution is 6.32. The summed E-state index contributed by atoms with van der Waals surface area (Å²) < 4.78 is 0. The Morgan fingerprint density at radius 2 is 2.25 bits per heavy atom. The molecule has 0 radical (unpaired) electrons. The lowest BCUT2D eigenvalue weighted by molar-refractivity contribution is -0.387. The van der Waals surface area contributed by atoms with Gasteiger partial charge in [-0.3, -0.25) is 14.9 Å². The summed E-state index contributed by atoms with van der Waals surface area (Å²) in [5, 5.41) is 18.9. The maximum Gasteiger partial charge on any atom is 0.376 e. The molecule has 7 heteroatoms. The molecule has 1 rings (SSSR count). The molecule has 0 spiro atoms. The van der Waals surface area contributed by atoms with Crippen molar-refractivity contribution >= 4 is 17.3 Å². The number of H-pyrrole nitrogens is 1. The Labute approximate surface area is 70.6 Å². The van der Waals surface area contributed by atoms with Crippen LogP contribution in [-0.4, -0.2) is 15.0 Å². The largest absolute Gasteiger partial charge is 0.501 e. The monoisotopic (exact) mass is 190 g/mol. The van der Waals surface area contributed by atoms with Crippen LogP contribution in [0.5, 0.6) is 5.75 Å². The fourth-order valence-electron chi connectivity index (χ4n) is 0.656. The molecule has 0 aliphatic heterocycles. The van der Waals surface area contributed by atoms with E-state index in [9.17, 15) is 14.9 Å². The second-order valence-electron chi connectivity index (χ2n) is 1.92. The van der Waals surface area contributed by atoms with E-state index in [0.29, 0.717) is 0 Å². The van der Waals surface area contributed by atoms with Gasteiger partial charge in [-0.1, -0.05) is 11.6 Å². The van der Waals surface area contributed by atoms with Gasteiger partial charge in [-0.05, 0) is 0 Å². The average molecular weight is 191 g/mol. The van der Waals surface area contributed by atoms with Gasteiger partial charge < -0.3 is 10.1 Å². The molecule has 2 N–H and O–H groups in total. The molecular weight excluding hydrogens is 188 g/mol. The average Bonchev–Trinajstić information content (AvgIpc) is 1.97. The van der Waals surface area contributed by atoms with Crippen molar-refractivity contribution in [3.63, 3.8) is 0 Å². The Kier molecular flexibility index (Phi) is 2.01. The summed E-state index contributed by atoms with van der Waals surface area (Å²) in [7, 11) is 0. The molecule has 0 unspecified atom stereocenters. The number of hydrogen-bond acceptors (Lipinski definition) is 4. The highest BCUT2D eigenvalue weighted by Gasteiger charge is 2.21. The third-order valence-corrected chi connectivity index (χ3v) is 1.47. The minimum atomic E-state index is -1.000. The third-order valence-electron chi connectivity index (χ3n) is 1.18. The zero-order chi connectivity index (χ0) is 9.30. The number of nitrogens with one attached hydrogen (secondary N) is 1. The zero-order valence-electron chi connectivity index (χ0n) is 5.57. The first-order valence-corrected chi connectivity index (χ1v) is 3.16. The van der Waals surface area contributed by atoms with Crippen LogP contribution in [-0.2, 0) is 0 Å². The summed E-state index contributed by atoms with van der Waals surface area (Å²) in [5.41, 5.74) is -1.93. The van der Waals surface area contributed by atoms with Crippen molar-refractivity contribution in [1.82, 2.24) is 4.98 Å². The van der Waals surface area contributed by atoms with Gasteiger partial charge in [0.1, 0.15) is 5.02 Å². The Morgan fingerprint density at radius 3 is 2.67 bits per heavy atom. The molecule has 0 aliphatic carbocycles. The number of aromatic hydroxyl groups is 1. The molecular formula is C5H3ClN2O4. The SMILES string of the molecule is O=c1[nH]cc(Cl)c(O)c1[N+](=O)[O-]. The Bertz CT molecular complexity index is 386. The van der Waals surface area contributed by atoms with Gasteiger partial charge in [0.2, 0.25) is 5.75 Å². The van der Waals surface area contributed by atoms with Crippen LogP contribution in [0, 0.1) is 10.1 Å². The van der Waals surface area contributed by atoms with Gasteiger partial charge in [-0.25, -0.2) is 0 Å². The zero-order valence-corrected chi connectivity index (χ0v) is 6.33. The first-order chi connectivity index (χ1) is 5.54. The Balaban J connectivity index is 3.54. The van der Waals surface area contributed by atoms with E-state index in [4.69, 9.17) is 16.7 Å². The molecule has 0 saturated heterocycles. The topological polar surface area (TPSA) is 96.2 Å². The van der Waals surface area contributed by atoms with Gasteiger partial charge in [-0.2, -0.15) is 0 Å². The molecule has 0 aromatic carbocycles. The third kappa shape index (κ3) is 1.24. The van der Waals surface area contributed by atoms with Gasteiger partial charge >= 0.3 is 11.2 Å². The van der Waals surface area contributed by atoms with E-state index in [1.54, 1.807) is 0 Å². The van der Waals surface area contributed by atoms with Crippen molar-refractivity contribution in [2.75, 3.05) is 0 Å². The van der Waals surface area contributed by atoms with Crippen LogP contribution < -0.4 is 5.56 Å². The predicted molar refractivity (Wildman–Crippen MR) is 40.4 cm³/mol. The van der Waals surface area contributed by atoms with Crippen LogP contribution in [0.25, 0.3) is 0 Å². The second kappa shape index (κ2) is 2.82. The van der Waals surface area contributed by atoms with Crippen LogP contribution in [0.1, 0.15) is 0 Å². The van der Waals surface area contributed by atoms with Crippen LogP contribution in [0.2, 0.25) is 5.02 Å². The van der Waals surface area contributed by atoms with E-state index in [1.807, 2.05) is 4.98 Å². The van der Waals surface area contributed by atoms with Crippen LogP contribution in [0.15, 0.2) is 11.0 Å². The summed E-state index contributed by atoms with van der Waals surface area (Å²) in [6, 6.07) is 0. The van der Waals surface area contributed by atoms with E-state index in [1.165, 1.54) is 0 Å². The lowest BCUT2D eigenvalue weighted by Crippen LogP contribution is -2.10. The van der Waals surface area contributed by atoms with Crippen molar-refractivity contribution in [3.05, 3.63) is 31.7 Å². The predicted octanol–water partition coefficient (Wildman–Crippen LogP) is 0.642. The molecule has 0 aliphatic rings. The van der Waals surface area contributed by atoms with Gasteiger partial charge in [0.25, 0.3) is 0 Å². The summed E-state index contributed by atoms with van der Waals surface area (Å²) in [4.78, 5) is 21.9. The van der Waals surface area contributed by atoms with Crippen molar-refractivity contribution in [2.45, 2.75) is 0 Å². The number of rotatable bonds is 1. The molecule has 1 heterocycles. The summed E-state index contributed by atoms with van der Waals surface area (Å²) in [6.45, 7) is 0. The Morgan fingerprint density at radius 1 is 1.67 bits per heavy atom. The maximum absolute atomic E-state index is 10.7.